The number of amides is 1. The van der Waals surface area contributed by atoms with E-state index in [1.807, 2.05) is 31.2 Å². The number of carbonyl (C=O) groups excluding carboxylic acids is 1. The Morgan fingerprint density at radius 2 is 2.12 bits per heavy atom. The highest BCUT2D eigenvalue weighted by atomic mass is 32.1. The number of hydrogen-bond acceptors (Lipinski definition) is 7. The van der Waals surface area contributed by atoms with E-state index in [1.165, 1.54) is 11.3 Å². The van der Waals surface area contributed by atoms with Crippen molar-refractivity contribution in [1.29, 1.82) is 0 Å². The lowest BCUT2D eigenvalue weighted by atomic mass is 10.2. The van der Waals surface area contributed by atoms with Crippen LogP contribution < -0.4 is 15.8 Å². The second kappa shape index (κ2) is 6.29. The highest BCUT2D eigenvalue weighted by Crippen LogP contribution is 2.30. The fourth-order valence-corrected chi connectivity index (χ4v) is 3.34. The average Bonchev–Trinajstić information content (AvgIpc) is 3.26. The number of pyridine rings is 1. The lowest BCUT2D eigenvalue weighted by Crippen LogP contribution is -2.24. The maximum Gasteiger partial charge on any atom is 0.261 e. The van der Waals surface area contributed by atoms with Gasteiger partial charge in [0.05, 0.1) is 27.6 Å². The molecule has 25 heavy (non-hydrogen) atoms. The first-order valence-electron chi connectivity index (χ1n) is 8.12. The van der Waals surface area contributed by atoms with Crippen LogP contribution in [0.25, 0.3) is 21.6 Å². The van der Waals surface area contributed by atoms with E-state index in [-0.39, 0.29) is 11.9 Å². The molecule has 3 aromatic rings. The van der Waals surface area contributed by atoms with E-state index < -0.39 is 0 Å². The van der Waals surface area contributed by atoms with Crippen molar-refractivity contribution in [3.63, 3.8) is 0 Å². The molecule has 8 heteroatoms. The Morgan fingerprint density at radius 3 is 2.88 bits per heavy atom. The van der Waals surface area contributed by atoms with Crippen LogP contribution in [0.3, 0.4) is 0 Å². The topological polar surface area (TPSA) is 103 Å². The largest absolute Gasteiger partial charge is 0.476 e. The number of fused-ring (bicyclic) bond motifs is 1. The van der Waals surface area contributed by atoms with Crippen molar-refractivity contribution in [3.8, 4) is 16.5 Å². The number of carbonyl (C=O) groups is 1. The number of nitrogens with one attached hydrogen (secondary N) is 1. The van der Waals surface area contributed by atoms with Gasteiger partial charge in [-0.25, -0.2) is 9.97 Å². The summed E-state index contributed by atoms with van der Waals surface area (Å²) < 4.78 is 5.53. The molecule has 128 valence electrons. The number of nitrogens with two attached hydrogens (primary N) is 1. The summed E-state index contributed by atoms with van der Waals surface area (Å²) in [4.78, 5) is 26.7. The number of ether oxygens (including phenoxy) is 1. The van der Waals surface area contributed by atoms with Gasteiger partial charge in [0.25, 0.3) is 5.91 Å². The zero-order valence-corrected chi connectivity index (χ0v) is 14.5. The molecule has 7 nitrogen and oxygen atoms in total. The first kappa shape index (κ1) is 15.8. The molecular formula is C17H17N5O2S. The summed E-state index contributed by atoms with van der Waals surface area (Å²) in [5.74, 6) is 0.501. The minimum absolute atomic E-state index is 0.0225. The third kappa shape index (κ3) is 3.25. The normalized spacial score (nSPS) is 13.8. The van der Waals surface area contributed by atoms with Gasteiger partial charge >= 0.3 is 0 Å². The highest BCUT2D eigenvalue weighted by Gasteiger charge is 2.24. The van der Waals surface area contributed by atoms with E-state index in [0.717, 1.165) is 23.4 Å². The third-order valence-electron chi connectivity index (χ3n) is 3.80. The van der Waals surface area contributed by atoms with Crippen molar-refractivity contribution in [1.82, 2.24) is 20.3 Å². The summed E-state index contributed by atoms with van der Waals surface area (Å²) in [5, 5.41) is 2.99. The number of nitrogens with zero attached hydrogens (tertiary/aromatic N) is 3. The minimum atomic E-state index is -0.0225. The van der Waals surface area contributed by atoms with Crippen molar-refractivity contribution in [3.05, 3.63) is 29.1 Å². The smallest absolute Gasteiger partial charge is 0.261 e. The Morgan fingerprint density at radius 1 is 1.28 bits per heavy atom. The molecule has 0 aliphatic heterocycles. The van der Waals surface area contributed by atoms with Gasteiger partial charge in [-0.3, -0.25) is 4.79 Å². The van der Waals surface area contributed by atoms with Crippen molar-refractivity contribution < 1.29 is 9.53 Å². The zero-order valence-electron chi connectivity index (χ0n) is 13.7. The fourth-order valence-electron chi connectivity index (χ4n) is 2.46. The Labute approximate surface area is 148 Å². The summed E-state index contributed by atoms with van der Waals surface area (Å²) in [7, 11) is 0. The number of thiophene rings is 1. The van der Waals surface area contributed by atoms with Gasteiger partial charge in [0.2, 0.25) is 11.8 Å². The number of rotatable bonds is 5. The molecular weight excluding hydrogens is 338 g/mol. The van der Waals surface area contributed by atoms with Crippen molar-refractivity contribution >= 4 is 34.2 Å². The summed E-state index contributed by atoms with van der Waals surface area (Å²) in [6, 6.07) is 7.76. The zero-order chi connectivity index (χ0) is 17.4. The van der Waals surface area contributed by atoms with Gasteiger partial charge in [-0.15, -0.1) is 11.3 Å². The molecule has 0 atom stereocenters. The molecule has 0 radical (unpaired) electrons. The molecule has 3 N–H and O–H groups in total. The maximum atomic E-state index is 12.2. The first-order chi connectivity index (χ1) is 12.1. The lowest BCUT2D eigenvalue weighted by molar-refractivity contribution is 0.0955. The van der Waals surface area contributed by atoms with E-state index in [1.54, 1.807) is 0 Å². The lowest BCUT2D eigenvalue weighted by Gasteiger charge is -2.07. The van der Waals surface area contributed by atoms with Crippen LogP contribution in [0.2, 0.25) is 0 Å². The third-order valence-corrected chi connectivity index (χ3v) is 4.91. The Hall–Kier alpha value is -2.74. The van der Waals surface area contributed by atoms with Gasteiger partial charge in [-0.2, -0.15) is 4.98 Å². The Balaban J connectivity index is 1.69. The van der Waals surface area contributed by atoms with Crippen LogP contribution in [0.1, 0.15) is 29.4 Å². The quantitative estimate of drug-likeness (QED) is 0.729. The number of nitrogen functional groups attached to an aromatic ring is 1. The first-order valence-corrected chi connectivity index (χ1v) is 8.94. The molecule has 0 bridgehead atoms. The molecule has 1 fully saturated rings. The van der Waals surface area contributed by atoms with E-state index in [0.29, 0.717) is 34.4 Å². The number of hydrogen-bond donors (Lipinski definition) is 2. The summed E-state index contributed by atoms with van der Waals surface area (Å²) in [6.45, 7) is 2.33. The van der Waals surface area contributed by atoms with Gasteiger partial charge in [0, 0.05) is 6.04 Å². The van der Waals surface area contributed by atoms with Crippen LogP contribution >= 0.6 is 11.3 Å². The minimum Gasteiger partial charge on any atom is -0.476 e. The standard InChI is InChI=1S/C17H17N5O2S/c1-2-24-16-14-11(21-17(18)22-16)6-5-10(20-14)12-7-8-13(25-12)15(23)19-9-3-4-9/h5-9H,2-4H2,1H3,(H,19,23)(H2,18,21,22). The maximum absolute atomic E-state index is 12.2. The summed E-state index contributed by atoms with van der Waals surface area (Å²) in [5.41, 5.74) is 7.65. The number of aromatic nitrogens is 3. The van der Waals surface area contributed by atoms with Gasteiger partial charge in [-0.05, 0) is 44.0 Å². The summed E-state index contributed by atoms with van der Waals surface area (Å²) in [6.07, 6.45) is 2.14. The molecule has 0 unspecified atom stereocenters. The Kier molecular flexibility index (Phi) is 3.96. The van der Waals surface area contributed by atoms with Crippen LogP contribution in [0, 0.1) is 0 Å². The summed E-state index contributed by atoms with van der Waals surface area (Å²) >= 11 is 1.41. The molecule has 4 rings (SSSR count). The van der Waals surface area contributed by atoms with Gasteiger partial charge < -0.3 is 15.8 Å². The number of anilines is 1. The van der Waals surface area contributed by atoms with Crippen LogP contribution in [0.15, 0.2) is 24.3 Å². The second-order valence-corrected chi connectivity index (χ2v) is 6.88. The Bertz CT molecular complexity index is 951. The fraction of sp³-hybridized carbons (Fsp3) is 0.294. The van der Waals surface area contributed by atoms with Crippen LogP contribution in [-0.4, -0.2) is 33.5 Å². The predicted octanol–water partition coefficient (Wildman–Crippen LogP) is 2.63. The van der Waals surface area contributed by atoms with E-state index in [4.69, 9.17) is 10.5 Å². The molecule has 0 saturated heterocycles. The molecule has 3 aromatic heterocycles. The molecule has 1 saturated carbocycles. The van der Waals surface area contributed by atoms with E-state index in [9.17, 15) is 4.79 Å². The van der Waals surface area contributed by atoms with E-state index >= 15 is 0 Å². The molecule has 1 aliphatic carbocycles. The molecule has 0 spiro atoms. The van der Waals surface area contributed by atoms with Crippen LogP contribution in [0.4, 0.5) is 5.95 Å². The van der Waals surface area contributed by atoms with Crippen LogP contribution in [0.5, 0.6) is 5.88 Å². The van der Waals surface area contributed by atoms with Gasteiger partial charge in [-0.1, -0.05) is 0 Å². The van der Waals surface area contributed by atoms with Crippen molar-refractivity contribution in [2.24, 2.45) is 0 Å². The molecule has 3 heterocycles. The predicted molar refractivity (Wildman–Crippen MR) is 96.7 cm³/mol. The monoisotopic (exact) mass is 355 g/mol. The van der Waals surface area contributed by atoms with Gasteiger partial charge in [0.15, 0.2) is 5.52 Å². The molecule has 0 aromatic carbocycles. The second-order valence-electron chi connectivity index (χ2n) is 5.80. The molecule has 1 amide bonds. The van der Waals surface area contributed by atoms with Gasteiger partial charge in [0.1, 0.15) is 0 Å². The van der Waals surface area contributed by atoms with Crippen molar-refractivity contribution in [2.45, 2.75) is 25.8 Å². The van der Waals surface area contributed by atoms with E-state index in [2.05, 4.69) is 20.3 Å². The van der Waals surface area contributed by atoms with Crippen LogP contribution in [-0.2, 0) is 0 Å². The highest BCUT2D eigenvalue weighted by molar-refractivity contribution is 7.17. The SMILES string of the molecule is CCOc1nc(N)nc2ccc(-c3ccc(C(=O)NC4CC4)s3)nc12. The molecule has 1 aliphatic rings. The van der Waals surface area contributed by atoms with Crippen molar-refractivity contribution in [2.75, 3.05) is 12.3 Å². The average molecular weight is 355 g/mol.